The van der Waals surface area contributed by atoms with Gasteiger partial charge in [-0.15, -0.1) is 0 Å². The van der Waals surface area contributed by atoms with Gasteiger partial charge in [0.2, 0.25) is 29.6 Å². The number of hydrogen-bond donors (Lipinski definition) is 5. The average molecular weight is 909 g/mol. The molecule has 2 aromatic carbocycles. The zero-order valence-corrected chi connectivity index (χ0v) is 38.2. The van der Waals surface area contributed by atoms with Crippen LogP contribution in [-0.2, 0) is 35.7 Å². The van der Waals surface area contributed by atoms with Crippen molar-refractivity contribution in [2.75, 3.05) is 45.1 Å². The van der Waals surface area contributed by atoms with E-state index >= 15 is 0 Å². The lowest BCUT2D eigenvalue weighted by Gasteiger charge is -2.24. The van der Waals surface area contributed by atoms with Gasteiger partial charge in [0.05, 0.1) is 42.2 Å². The molecule has 0 radical (unpaired) electrons. The number of rotatable bonds is 21. The second kappa shape index (κ2) is 20.5. The number of aromatic nitrogens is 8. The highest BCUT2D eigenvalue weighted by molar-refractivity contribution is 6.05. The summed E-state index contributed by atoms with van der Waals surface area (Å²) in [5, 5.41) is 14.6. The first kappa shape index (κ1) is 47.9. The van der Waals surface area contributed by atoms with Crippen LogP contribution in [-0.4, -0.2) is 120 Å². The maximum Gasteiger partial charge on any atom is 0.276 e. The van der Waals surface area contributed by atoms with Crippen LogP contribution >= 0.6 is 0 Å². The molecular weight excluding hydrogens is 853 g/mol. The van der Waals surface area contributed by atoms with Gasteiger partial charge in [0, 0.05) is 58.0 Å². The smallest absolute Gasteiger partial charge is 0.276 e. The van der Waals surface area contributed by atoms with E-state index in [1.54, 1.807) is 58.4 Å². The number of aryl methyl sites for hydroxylation is 4. The molecule has 5 amide bonds. The standard InChI is InChI=1S/C44H56N14O8/c1-9-57-31(18-24(3)52-57)40(61)50-43-48-29-20-27(38(46)59)22-33(65-8)36(29)55(43)15-11-12-16-56-37-30(49-44(56)51-41(62)32-19-25(4)53-58(32)10-2)21-28(39(47)60)23-34(37)66-17-13-14-54(6)42(63)35(45)26(5)64-7/h11-12,18-23,26,35H,9-10,13-17,45H2,1-8H3,(H2,46,59)(H2,47,60)(H,48,50,61)(H,49,51,62)/b12-11+/t26-,35+/m1/s1. The number of amides is 5. The molecule has 2 atom stereocenters. The van der Waals surface area contributed by atoms with Crippen LogP contribution in [0.4, 0.5) is 11.9 Å². The SMILES string of the molecule is CCn1nc(C)cc1C(=O)Nc1nc2cc(C(N)=O)cc(OC)c2n1C/C=C/Cn1c(NC(=O)c2cc(C)nn2CC)nc2cc(C(N)=O)cc(OCCCN(C)C(=O)[C@@H](N)[C@@H](C)OC)c21. The Morgan fingerprint density at radius 3 is 1.67 bits per heavy atom. The van der Waals surface area contributed by atoms with E-state index in [9.17, 15) is 24.0 Å². The molecule has 0 fully saturated rings. The van der Waals surface area contributed by atoms with Crippen molar-refractivity contribution in [3.05, 3.63) is 82.5 Å². The molecule has 66 heavy (non-hydrogen) atoms. The highest BCUT2D eigenvalue weighted by Crippen LogP contribution is 2.33. The van der Waals surface area contributed by atoms with Gasteiger partial charge < -0.3 is 45.4 Å². The molecule has 0 unspecified atom stereocenters. The number of anilines is 2. The van der Waals surface area contributed by atoms with Crippen molar-refractivity contribution in [3.8, 4) is 11.5 Å². The Hall–Kier alpha value is -7.59. The number of ether oxygens (including phenoxy) is 3. The Kier molecular flexibility index (Phi) is 14.9. The first-order valence-electron chi connectivity index (χ1n) is 21.2. The fourth-order valence-electron chi connectivity index (χ4n) is 7.38. The number of primary amides is 2. The molecule has 22 heteroatoms. The summed E-state index contributed by atoms with van der Waals surface area (Å²) < 4.78 is 23.8. The molecule has 0 aliphatic carbocycles. The number of imidazole rings is 2. The second-order valence-electron chi connectivity index (χ2n) is 15.5. The maximum absolute atomic E-state index is 13.9. The first-order chi connectivity index (χ1) is 31.5. The number of likely N-dealkylation sites (N-methyl/N-ethyl adjacent to an activating group) is 1. The lowest BCUT2D eigenvalue weighted by molar-refractivity contribution is -0.134. The fraction of sp³-hybridized carbons (Fsp3) is 0.386. The number of carbonyl (C=O) groups excluding carboxylic acids is 5. The van der Waals surface area contributed by atoms with Crippen LogP contribution in [0.15, 0.2) is 48.6 Å². The fourth-order valence-corrected chi connectivity index (χ4v) is 7.38. The van der Waals surface area contributed by atoms with Crippen LogP contribution in [0.5, 0.6) is 11.5 Å². The number of nitrogens with two attached hydrogens (primary N) is 3. The molecule has 0 bridgehead atoms. The zero-order chi connectivity index (χ0) is 48.0. The van der Waals surface area contributed by atoms with E-state index in [4.69, 9.17) is 36.4 Å². The van der Waals surface area contributed by atoms with Crippen LogP contribution in [0.2, 0.25) is 0 Å². The van der Waals surface area contributed by atoms with Crippen LogP contribution in [0, 0.1) is 13.8 Å². The van der Waals surface area contributed by atoms with Crippen molar-refractivity contribution in [1.29, 1.82) is 0 Å². The Labute approximate surface area is 380 Å². The number of benzene rings is 2. The molecule has 0 saturated heterocycles. The van der Waals surface area contributed by atoms with Crippen molar-refractivity contribution in [1.82, 2.24) is 43.6 Å². The molecule has 4 heterocycles. The lowest BCUT2D eigenvalue weighted by Crippen LogP contribution is -2.48. The summed E-state index contributed by atoms with van der Waals surface area (Å²) in [5.41, 5.74) is 21.3. The minimum absolute atomic E-state index is 0.101. The molecule has 350 valence electrons. The Bertz CT molecular complexity index is 2840. The molecule has 6 rings (SSSR count). The largest absolute Gasteiger partial charge is 0.494 e. The van der Waals surface area contributed by atoms with Gasteiger partial charge in [0.25, 0.3) is 11.8 Å². The molecular formula is C44H56N14O8. The molecule has 0 aliphatic rings. The third kappa shape index (κ3) is 10.2. The number of hydrogen-bond acceptors (Lipinski definition) is 13. The van der Waals surface area contributed by atoms with Crippen molar-refractivity contribution in [2.45, 2.75) is 79.4 Å². The molecule has 4 aromatic heterocycles. The van der Waals surface area contributed by atoms with Gasteiger partial charge in [-0.3, -0.25) is 44.0 Å². The summed E-state index contributed by atoms with van der Waals surface area (Å²) in [6.07, 6.45) is 3.53. The van der Waals surface area contributed by atoms with E-state index in [-0.39, 0.29) is 54.4 Å². The normalized spacial score (nSPS) is 12.4. The van der Waals surface area contributed by atoms with Crippen LogP contribution < -0.4 is 37.3 Å². The number of methoxy groups -OCH3 is 2. The van der Waals surface area contributed by atoms with Gasteiger partial charge >= 0.3 is 0 Å². The summed E-state index contributed by atoms with van der Waals surface area (Å²) in [4.78, 5) is 76.2. The molecule has 0 aliphatic heterocycles. The van der Waals surface area contributed by atoms with E-state index in [1.807, 2.05) is 26.0 Å². The van der Waals surface area contributed by atoms with Gasteiger partial charge in [-0.2, -0.15) is 10.2 Å². The third-order valence-corrected chi connectivity index (χ3v) is 10.9. The van der Waals surface area contributed by atoms with Crippen molar-refractivity contribution < 1.29 is 38.2 Å². The van der Waals surface area contributed by atoms with Crippen LogP contribution in [0.3, 0.4) is 0 Å². The predicted octanol–water partition coefficient (Wildman–Crippen LogP) is 2.99. The average Bonchev–Trinajstić information content (AvgIpc) is 4.06. The maximum atomic E-state index is 13.9. The molecule has 8 N–H and O–H groups in total. The van der Waals surface area contributed by atoms with E-state index in [2.05, 4.69) is 25.8 Å². The quantitative estimate of drug-likeness (QED) is 0.0514. The van der Waals surface area contributed by atoms with Crippen molar-refractivity contribution >= 4 is 63.5 Å². The number of nitrogens with one attached hydrogen (secondary N) is 2. The van der Waals surface area contributed by atoms with E-state index in [1.165, 1.54) is 43.4 Å². The zero-order valence-electron chi connectivity index (χ0n) is 38.2. The van der Waals surface area contributed by atoms with E-state index in [0.717, 1.165) is 0 Å². The van der Waals surface area contributed by atoms with Gasteiger partial charge in [0.1, 0.15) is 40.0 Å². The summed E-state index contributed by atoms with van der Waals surface area (Å²) in [6, 6.07) is 8.52. The van der Waals surface area contributed by atoms with E-state index in [0.29, 0.717) is 76.6 Å². The van der Waals surface area contributed by atoms with Crippen molar-refractivity contribution in [3.63, 3.8) is 0 Å². The number of fused-ring (bicyclic) bond motifs is 2. The minimum Gasteiger partial charge on any atom is -0.494 e. The Morgan fingerprint density at radius 1 is 0.758 bits per heavy atom. The molecule has 0 saturated carbocycles. The summed E-state index contributed by atoms with van der Waals surface area (Å²) in [5.74, 6) is -1.81. The number of carbonyl (C=O) groups is 5. The lowest BCUT2D eigenvalue weighted by atomic mass is 10.1. The molecule has 0 spiro atoms. The summed E-state index contributed by atoms with van der Waals surface area (Å²) >= 11 is 0. The monoisotopic (exact) mass is 908 g/mol. The Morgan fingerprint density at radius 2 is 1.23 bits per heavy atom. The molecule has 6 aromatic rings. The van der Waals surface area contributed by atoms with Gasteiger partial charge in [0.15, 0.2) is 0 Å². The van der Waals surface area contributed by atoms with Gasteiger partial charge in [-0.25, -0.2) is 9.97 Å². The van der Waals surface area contributed by atoms with Gasteiger partial charge in [-0.05, 0) is 77.4 Å². The molecule has 22 nitrogen and oxygen atoms in total. The second-order valence-corrected chi connectivity index (χ2v) is 15.5. The first-order valence-corrected chi connectivity index (χ1v) is 21.2. The highest BCUT2D eigenvalue weighted by atomic mass is 16.5. The van der Waals surface area contributed by atoms with Crippen LogP contribution in [0.1, 0.15) is 80.3 Å². The third-order valence-electron chi connectivity index (χ3n) is 10.9. The minimum atomic E-state index is -0.848. The predicted molar refractivity (Wildman–Crippen MR) is 246 cm³/mol. The Balaban J connectivity index is 1.37. The highest BCUT2D eigenvalue weighted by Gasteiger charge is 2.26. The van der Waals surface area contributed by atoms with Crippen LogP contribution in [0.25, 0.3) is 22.1 Å². The van der Waals surface area contributed by atoms with E-state index < -0.39 is 35.8 Å². The van der Waals surface area contributed by atoms with Crippen molar-refractivity contribution in [2.24, 2.45) is 17.2 Å². The van der Waals surface area contributed by atoms with Gasteiger partial charge in [-0.1, -0.05) is 12.2 Å². The summed E-state index contributed by atoms with van der Waals surface area (Å²) in [7, 11) is 4.57. The summed E-state index contributed by atoms with van der Waals surface area (Å²) in [6.45, 7) is 10.6. The number of nitrogens with zero attached hydrogens (tertiary/aromatic N) is 9. The number of allylic oxidation sites excluding steroid dienone is 2. The topological polar surface area (TPSA) is 290 Å².